The molecule has 0 saturated carbocycles. The Kier molecular flexibility index (Phi) is 6.42. The van der Waals surface area contributed by atoms with Gasteiger partial charge in [0.1, 0.15) is 0 Å². The Morgan fingerprint density at radius 1 is 1.28 bits per heavy atom. The summed E-state index contributed by atoms with van der Waals surface area (Å²) in [5.41, 5.74) is -0.471. The summed E-state index contributed by atoms with van der Waals surface area (Å²) in [5, 5.41) is 0. The van der Waals surface area contributed by atoms with Gasteiger partial charge in [-0.3, -0.25) is 4.90 Å². The van der Waals surface area contributed by atoms with Crippen molar-refractivity contribution >= 4 is 12.1 Å². The molecular formula is C13H21NO4. The minimum absolute atomic E-state index is 0.186. The molecule has 0 spiro atoms. The Balaban J connectivity index is 4.28. The fraction of sp³-hybridized carbons (Fsp3) is 0.692. The van der Waals surface area contributed by atoms with Crippen LogP contribution < -0.4 is 0 Å². The molecule has 18 heavy (non-hydrogen) atoms. The molecule has 0 unspecified atom stereocenters. The summed E-state index contributed by atoms with van der Waals surface area (Å²) in [7, 11) is 3.69. The number of carbonyl (C=O) groups is 2. The third-order valence-electron chi connectivity index (χ3n) is 2.30. The van der Waals surface area contributed by atoms with Crippen LogP contribution in [0.2, 0.25) is 0 Å². The van der Waals surface area contributed by atoms with E-state index in [9.17, 15) is 9.59 Å². The highest BCUT2D eigenvalue weighted by Gasteiger charge is 2.17. The number of nitrogens with zero attached hydrogens (tertiary/aromatic N) is 1. The maximum Gasteiger partial charge on any atom is 0.516 e. The van der Waals surface area contributed by atoms with Gasteiger partial charge in [0.2, 0.25) is 0 Å². The molecule has 0 aromatic carbocycles. The molecule has 0 aliphatic carbocycles. The molecule has 0 saturated heterocycles. The van der Waals surface area contributed by atoms with Crippen LogP contribution >= 0.6 is 0 Å². The first-order chi connectivity index (χ1) is 8.15. The summed E-state index contributed by atoms with van der Waals surface area (Å²) in [5.74, 6) is 4.27. The van der Waals surface area contributed by atoms with Gasteiger partial charge in [-0.15, -0.1) is 0 Å². The smallest absolute Gasteiger partial charge is 0.434 e. The maximum atomic E-state index is 11.3. The topological polar surface area (TPSA) is 55.8 Å². The van der Waals surface area contributed by atoms with Gasteiger partial charge in [0.15, 0.2) is 0 Å². The summed E-state index contributed by atoms with van der Waals surface area (Å²) in [6, 6.07) is 0. The van der Waals surface area contributed by atoms with E-state index < -0.39 is 17.7 Å². The van der Waals surface area contributed by atoms with Crippen molar-refractivity contribution in [3.05, 3.63) is 0 Å². The van der Waals surface area contributed by atoms with Crippen LogP contribution in [0.25, 0.3) is 0 Å². The summed E-state index contributed by atoms with van der Waals surface area (Å²) in [6.07, 6.45) is -1.01. The average Bonchev–Trinajstić information content (AvgIpc) is 2.23. The van der Waals surface area contributed by atoms with Crippen molar-refractivity contribution in [2.75, 3.05) is 20.7 Å². The molecule has 5 nitrogen and oxygen atoms in total. The van der Waals surface area contributed by atoms with Gasteiger partial charge in [-0.05, 0) is 33.9 Å². The van der Waals surface area contributed by atoms with Crippen molar-refractivity contribution in [1.29, 1.82) is 0 Å². The predicted molar refractivity (Wildman–Crippen MR) is 67.8 cm³/mol. The number of hydrogen-bond donors (Lipinski definition) is 0. The van der Waals surface area contributed by atoms with Crippen LogP contribution in [0.15, 0.2) is 0 Å². The van der Waals surface area contributed by atoms with Gasteiger partial charge >= 0.3 is 12.1 Å². The molecule has 0 aromatic rings. The largest absolute Gasteiger partial charge is 0.516 e. The highest BCUT2D eigenvalue weighted by molar-refractivity contribution is 5.94. The van der Waals surface area contributed by atoms with Gasteiger partial charge in [-0.1, -0.05) is 19.8 Å². The lowest BCUT2D eigenvalue weighted by molar-refractivity contribution is -0.133. The Morgan fingerprint density at radius 2 is 1.83 bits per heavy atom. The number of rotatable bonds is 3. The molecule has 0 aliphatic rings. The fourth-order valence-electron chi connectivity index (χ4n) is 0.681. The van der Waals surface area contributed by atoms with Crippen molar-refractivity contribution in [3.63, 3.8) is 0 Å². The van der Waals surface area contributed by atoms with Crippen molar-refractivity contribution in [3.8, 4) is 11.8 Å². The van der Waals surface area contributed by atoms with Crippen LogP contribution in [0.4, 0.5) is 4.79 Å². The summed E-state index contributed by atoms with van der Waals surface area (Å²) in [6.45, 7) is 7.68. The van der Waals surface area contributed by atoms with Gasteiger partial charge in [0.05, 0.1) is 12.1 Å². The molecule has 5 heteroatoms. The van der Waals surface area contributed by atoms with E-state index in [1.165, 1.54) is 0 Å². The molecule has 0 radical (unpaired) electrons. The normalized spacial score (nSPS) is 10.9. The Hall–Kier alpha value is -1.54. The molecule has 0 N–H and O–H groups in total. The molecule has 0 aromatic heterocycles. The molecule has 102 valence electrons. The van der Waals surface area contributed by atoms with Crippen molar-refractivity contribution in [1.82, 2.24) is 4.90 Å². The summed E-state index contributed by atoms with van der Waals surface area (Å²) < 4.78 is 9.08. The quantitative estimate of drug-likeness (QED) is 0.332. The first-order valence-corrected chi connectivity index (χ1v) is 5.74. The van der Waals surface area contributed by atoms with Crippen LogP contribution in [-0.4, -0.2) is 43.3 Å². The molecule has 0 fully saturated rings. The molecule has 0 rings (SSSR count). The monoisotopic (exact) mass is 255 g/mol. The van der Waals surface area contributed by atoms with Gasteiger partial charge in [0.25, 0.3) is 0 Å². The molecule has 0 atom stereocenters. The lowest BCUT2D eigenvalue weighted by Gasteiger charge is -2.26. The van der Waals surface area contributed by atoms with E-state index in [1.54, 1.807) is 0 Å². The third kappa shape index (κ3) is 6.92. The van der Waals surface area contributed by atoms with Crippen LogP contribution in [0.1, 0.15) is 27.7 Å². The fourth-order valence-corrected chi connectivity index (χ4v) is 0.681. The second-order valence-corrected chi connectivity index (χ2v) is 5.05. The van der Waals surface area contributed by atoms with Crippen LogP contribution in [-0.2, 0) is 14.3 Å². The second-order valence-electron chi connectivity index (χ2n) is 5.05. The van der Waals surface area contributed by atoms with E-state index in [4.69, 9.17) is 4.74 Å². The highest BCUT2D eigenvalue weighted by Crippen LogP contribution is 2.07. The van der Waals surface area contributed by atoms with Crippen molar-refractivity contribution < 1.29 is 19.1 Å². The van der Waals surface area contributed by atoms with Gasteiger partial charge in [0, 0.05) is 5.92 Å². The first-order valence-electron chi connectivity index (χ1n) is 5.74. The predicted octanol–water partition coefficient (Wildman–Crippen LogP) is 1.67. The summed E-state index contributed by atoms with van der Waals surface area (Å²) >= 11 is 0. The zero-order valence-corrected chi connectivity index (χ0v) is 11.9. The Morgan fingerprint density at radius 3 is 2.28 bits per heavy atom. The zero-order valence-electron chi connectivity index (χ0n) is 11.9. The SMILES string of the molecule is CC(C)COC(=O)OC(=O)C#CC(C)(C)N(C)C. The molecule has 0 aliphatic heterocycles. The van der Waals surface area contributed by atoms with E-state index in [-0.39, 0.29) is 12.5 Å². The number of hydrogen-bond acceptors (Lipinski definition) is 5. The molecule has 0 bridgehead atoms. The molecule has 0 heterocycles. The minimum Gasteiger partial charge on any atom is -0.434 e. The lowest BCUT2D eigenvalue weighted by Crippen LogP contribution is -2.36. The highest BCUT2D eigenvalue weighted by atomic mass is 16.7. The lowest BCUT2D eigenvalue weighted by atomic mass is 10.1. The Labute approximate surface area is 108 Å². The van der Waals surface area contributed by atoms with Crippen molar-refractivity contribution in [2.24, 2.45) is 5.92 Å². The average molecular weight is 255 g/mol. The van der Waals surface area contributed by atoms with E-state index in [2.05, 4.69) is 16.6 Å². The van der Waals surface area contributed by atoms with E-state index in [0.29, 0.717) is 0 Å². The van der Waals surface area contributed by atoms with Crippen LogP contribution in [0.3, 0.4) is 0 Å². The maximum absolute atomic E-state index is 11.3. The van der Waals surface area contributed by atoms with Gasteiger partial charge < -0.3 is 9.47 Å². The van der Waals surface area contributed by atoms with Gasteiger partial charge in [-0.25, -0.2) is 9.59 Å². The van der Waals surface area contributed by atoms with Crippen LogP contribution in [0, 0.1) is 17.8 Å². The zero-order chi connectivity index (χ0) is 14.3. The summed E-state index contributed by atoms with van der Waals surface area (Å²) in [4.78, 5) is 24.2. The second kappa shape index (κ2) is 7.02. The van der Waals surface area contributed by atoms with Gasteiger partial charge in [-0.2, -0.15) is 0 Å². The van der Waals surface area contributed by atoms with Crippen LogP contribution in [0.5, 0.6) is 0 Å². The van der Waals surface area contributed by atoms with E-state index >= 15 is 0 Å². The molecular weight excluding hydrogens is 234 g/mol. The molecule has 0 amide bonds. The number of carbonyl (C=O) groups excluding carboxylic acids is 2. The van der Waals surface area contributed by atoms with Crippen molar-refractivity contribution in [2.45, 2.75) is 33.2 Å². The standard InChI is InChI=1S/C13H21NO4/c1-10(2)9-17-12(16)18-11(15)7-8-13(3,4)14(5)6/h10H,9H2,1-6H3. The minimum atomic E-state index is -1.01. The Bertz CT molecular complexity index is 361. The third-order valence-corrected chi connectivity index (χ3v) is 2.30. The van der Waals surface area contributed by atoms with E-state index in [1.807, 2.05) is 46.7 Å². The number of ether oxygens (including phenoxy) is 2. The van der Waals surface area contributed by atoms with E-state index in [0.717, 1.165) is 0 Å². The number of esters is 1. The first kappa shape index (κ1) is 16.5.